The Labute approximate surface area is 76.8 Å². The van der Waals surface area contributed by atoms with Crippen molar-refractivity contribution < 1.29 is 4.79 Å². The highest BCUT2D eigenvalue weighted by Gasteiger charge is 2.09. The molecule has 13 heavy (non-hydrogen) atoms. The minimum absolute atomic E-state index is 0.00360. The van der Waals surface area contributed by atoms with Crippen LogP contribution in [-0.4, -0.2) is 15.6 Å². The van der Waals surface area contributed by atoms with Crippen molar-refractivity contribution in [2.45, 2.75) is 26.3 Å². The molecule has 0 saturated heterocycles. The van der Waals surface area contributed by atoms with Crippen molar-refractivity contribution in [3.05, 3.63) is 18.0 Å². The number of hydrogen-bond acceptors (Lipinski definition) is 3. The van der Waals surface area contributed by atoms with Gasteiger partial charge in [0.15, 0.2) is 5.78 Å². The van der Waals surface area contributed by atoms with Crippen LogP contribution in [0.5, 0.6) is 0 Å². The number of aromatic nitrogens is 2. The molecule has 4 heteroatoms. The van der Waals surface area contributed by atoms with Gasteiger partial charge >= 0.3 is 0 Å². The van der Waals surface area contributed by atoms with Crippen LogP contribution >= 0.6 is 0 Å². The van der Waals surface area contributed by atoms with Gasteiger partial charge in [0.25, 0.3) is 0 Å². The van der Waals surface area contributed by atoms with Gasteiger partial charge in [0.05, 0.1) is 6.07 Å². The molecular formula is C9H11N3O. The fourth-order valence-electron chi connectivity index (χ4n) is 0.943. The molecule has 0 aliphatic heterocycles. The summed E-state index contributed by atoms with van der Waals surface area (Å²) >= 11 is 0. The number of nitrogens with zero attached hydrogens (tertiary/aromatic N) is 3. The Morgan fingerprint density at radius 3 is 3.08 bits per heavy atom. The lowest BCUT2D eigenvalue weighted by atomic mass is 10.2. The maximum absolute atomic E-state index is 11.2. The van der Waals surface area contributed by atoms with E-state index >= 15 is 0 Å². The Morgan fingerprint density at radius 2 is 2.54 bits per heavy atom. The van der Waals surface area contributed by atoms with E-state index in [1.807, 2.05) is 6.07 Å². The largest absolute Gasteiger partial charge is 0.292 e. The van der Waals surface area contributed by atoms with Gasteiger partial charge in [-0.2, -0.15) is 10.4 Å². The third kappa shape index (κ3) is 1.94. The summed E-state index contributed by atoms with van der Waals surface area (Å²) in [7, 11) is 0. The summed E-state index contributed by atoms with van der Waals surface area (Å²) in [5.74, 6) is 0.00360. The number of rotatable bonds is 3. The smallest absolute Gasteiger partial charge is 0.182 e. The van der Waals surface area contributed by atoms with Gasteiger partial charge in [0.1, 0.15) is 11.7 Å². The van der Waals surface area contributed by atoms with Crippen LogP contribution < -0.4 is 0 Å². The minimum atomic E-state index is -0.321. The molecule has 68 valence electrons. The quantitative estimate of drug-likeness (QED) is 0.658. The standard InChI is InChI=1S/C9H11N3O/c1-3-9(13)8-4-5-12(11-8)7(2)6-10/h4-5,7H,3H2,1-2H3. The highest BCUT2D eigenvalue weighted by atomic mass is 16.1. The van der Waals surface area contributed by atoms with Gasteiger partial charge in [0, 0.05) is 12.6 Å². The Kier molecular flexibility index (Phi) is 2.80. The topological polar surface area (TPSA) is 58.7 Å². The highest BCUT2D eigenvalue weighted by molar-refractivity contribution is 5.93. The van der Waals surface area contributed by atoms with Crippen LogP contribution in [0.2, 0.25) is 0 Å². The predicted molar refractivity (Wildman–Crippen MR) is 47.2 cm³/mol. The molecule has 1 aromatic rings. The molecule has 0 aliphatic carbocycles. The van der Waals surface area contributed by atoms with Crippen LogP contribution in [0.25, 0.3) is 0 Å². The molecule has 1 aromatic heterocycles. The van der Waals surface area contributed by atoms with E-state index in [1.165, 1.54) is 4.68 Å². The van der Waals surface area contributed by atoms with Crippen LogP contribution in [0, 0.1) is 11.3 Å². The molecule has 0 aliphatic rings. The molecule has 0 N–H and O–H groups in total. The second kappa shape index (κ2) is 3.85. The van der Waals surface area contributed by atoms with Gasteiger partial charge in [-0.05, 0) is 13.0 Å². The average molecular weight is 177 g/mol. The lowest BCUT2D eigenvalue weighted by Gasteiger charge is -2.00. The van der Waals surface area contributed by atoms with Crippen molar-refractivity contribution in [1.29, 1.82) is 5.26 Å². The molecule has 1 heterocycles. The Balaban J connectivity index is 2.88. The van der Waals surface area contributed by atoms with Crippen molar-refractivity contribution in [2.24, 2.45) is 0 Å². The van der Waals surface area contributed by atoms with Gasteiger partial charge in [-0.25, -0.2) is 0 Å². The molecule has 0 saturated carbocycles. The fraction of sp³-hybridized carbons (Fsp3) is 0.444. The van der Waals surface area contributed by atoms with Crippen molar-refractivity contribution >= 4 is 5.78 Å². The van der Waals surface area contributed by atoms with Crippen LogP contribution in [0.3, 0.4) is 0 Å². The van der Waals surface area contributed by atoms with E-state index in [-0.39, 0.29) is 11.8 Å². The molecule has 0 radical (unpaired) electrons. The fourth-order valence-corrected chi connectivity index (χ4v) is 0.943. The number of carbonyl (C=O) groups is 1. The molecule has 0 bridgehead atoms. The van der Waals surface area contributed by atoms with Crippen molar-refractivity contribution in [1.82, 2.24) is 9.78 Å². The van der Waals surface area contributed by atoms with E-state index in [4.69, 9.17) is 5.26 Å². The summed E-state index contributed by atoms with van der Waals surface area (Å²) in [6.45, 7) is 3.52. The third-order valence-electron chi connectivity index (χ3n) is 1.80. The maximum atomic E-state index is 11.2. The first-order valence-electron chi connectivity index (χ1n) is 4.17. The lowest BCUT2D eigenvalue weighted by Crippen LogP contribution is -2.05. The molecule has 0 spiro atoms. The van der Waals surface area contributed by atoms with Crippen LogP contribution in [0.4, 0.5) is 0 Å². The summed E-state index contributed by atoms with van der Waals surface area (Å²) in [4.78, 5) is 11.2. The average Bonchev–Trinajstić information content (AvgIpc) is 2.64. The van der Waals surface area contributed by atoms with E-state index in [0.717, 1.165) is 0 Å². The lowest BCUT2D eigenvalue weighted by molar-refractivity contribution is 0.0982. The molecule has 0 aromatic carbocycles. The SMILES string of the molecule is CCC(=O)c1ccn(C(C)C#N)n1. The summed E-state index contributed by atoms with van der Waals surface area (Å²) in [5.41, 5.74) is 0.435. The zero-order chi connectivity index (χ0) is 9.84. The molecular weight excluding hydrogens is 166 g/mol. The molecule has 0 amide bonds. The molecule has 0 fully saturated rings. The van der Waals surface area contributed by atoms with Gasteiger partial charge in [-0.1, -0.05) is 6.92 Å². The Morgan fingerprint density at radius 1 is 1.85 bits per heavy atom. The molecule has 1 atom stereocenters. The first-order chi connectivity index (χ1) is 6.19. The van der Waals surface area contributed by atoms with Gasteiger partial charge in [-0.15, -0.1) is 0 Å². The molecule has 1 unspecified atom stereocenters. The van der Waals surface area contributed by atoms with E-state index in [9.17, 15) is 4.79 Å². The second-order valence-electron chi connectivity index (χ2n) is 2.76. The Hall–Kier alpha value is -1.63. The predicted octanol–water partition coefficient (Wildman–Crippen LogP) is 1.56. The third-order valence-corrected chi connectivity index (χ3v) is 1.80. The maximum Gasteiger partial charge on any atom is 0.182 e. The monoisotopic (exact) mass is 177 g/mol. The number of hydrogen-bond donors (Lipinski definition) is 0. The summed E-state index contributed by atoms with van der Waals surface area (Å²) in [6, 6.07) is 3.36. The number of ketones is 1. The number of carbonyl (C=O) groups excluding carboxylic acids is 1. The van der Waals surface area contributed by atoms with Crippen LogP contribution in [0.15, 0.2) is 12.3 Å². The molecule has 4 nitrogen and oxygen atoms in total. The van der Waals surface area contributed by atoms with E-state index in [2.05, 4.69) is 5.10 Å². The summed E-state index contributed by atoms with van der Waals surface area (Å²) in [6.07, 6.45) is 2.09. The van der Waals surface area contributed by atoms with Gasteiger partial charge in [-0.3, -0.25) is 9.48 Å². The minimum Gasteiger partial charge on any atom is -0.292 e. The Bertz CT molecular complexity index is 348. The first kappa shape index (κ1) is 9.46. The normalized spacial score (nSPS) is 12.1. The van der Waals surface area contributed by atoms with E-state index < -0.39 is 0 Å². The van der Waals surface area contributed by atoms with Crippen LogP contribution in [0.1, 0.15) is 36.8 Å². The second-order valence-corrected chi connectivity index (χ2v) is 2.76. The highest BCUT2D eigenvalue weighted by Crippen LogP contribution is 2.05. The first-order valence-corrected chi connectivity index (χ1v) is 4.17. The number of nitriles is 1. The van der Waals surface area contributed by atoms with Crippen molar-refractivity contribution in [3.8, 4) is 6.07 Å². The van der Waals surface area contributed by atoms with Gasteiger partial charge < -0.3 is 0 Å². The van der Waals surface area contributed by atoms with E-state index in [0.29, 0.717) is 12.1 Å². The van der Waals surface area contributed by atoms with Crippen molar-refractivity contribution in [3.63, 3.8) is 0 Å². The van der Waals surface area contributed by atoms with Gasteiger partial charge in [0.2, 0.25) is 0 Å². The molecule has 1 rings (SSSR count). The summed E-state index contributed by atoms with van der Waals surface area (Å²) in [5, 5.41) is 12.6. The van der Waals surface area contributed by atoms with Crippen LogP contribution in [-0.2, 0) is 0 Å². The zero-order valence-electron chi connectivity index (χ0n) is 7.69. The zero-order valence-corrected chi connectivity index (χ0v) is 7.69. The number of Topliss-reactive ketones (excluding diaryl/α,β-unsaturated/α-hetero) is 1. The van der Waals surface area contributed by atoms with Crippen molar-refractivity contribution in [2.75, 3.05) is 0 Å². The summed E-state index contributed by atoms with van der Waals surface area (Å²) < 4.78 is 1.49. The van der Waals surface area contributed by atoms with E-state index in [1.54, 1.807) is 26.1 Å².